The molecule has 0 saturated carbocycles. The molecule has 0 radical (unpaired) electrons. The zero-order chi connectivity index (χ0) is 10.6. The quantitative estimate of drug-likeness (QED) is 0.609. The van der Waals surface area contributed by atoms with Crippen LogP contribution in [0.5, 0.6) is 5.75 Å². The van der Waals surface area contributed by atoms with Gasteiger partial charge in [-0.05, 0) is 32.4 Å². The standard InChI is InChI=1S/C13H18O/c1-9-7-6-8-10-11(9)12(2,3)13(4,5)14-10/h6-8H,1-5H3. The van der Waals surface area contributed by atoms with Gasteiger partial charge in [-0.3, -0.25) is 0 Å². The van der Waals surface area contributed by atoms with E-state index in [1.165, 1.54) is 11.1 Å². The summed E-state index contributed by atoms with van der Waals surface area (Å²) in [4.78, 5) is 0. The van der Waals surface area contributed by atoms with Crippen LogP contribution in [0.25, 0.3) is 0 Å². The van der Waals surface area contributed by atoms with Crippen LogP contribution in [0.4, 0.5) is 0 Å². The first-order chi connectivity index (χ1) is 6.36. The highest BCUT2D eigenvalue weighted by Gasteiger charge is 2.48. The van der Waals surface area contributed by atoms with Crippen molar-refractivity contribution in [3.05, 3.63) is 29.3 Å². The van der Waals surface area contributed by atoms with Crippen molar-refractivity contribution in [2.75, 3.05) is 0 Å². The van der Waals surface area contributed by atoms with Gasteiger partial charge in [-0.25, -0.2) is 0 Å². The van der Waals surface area contributed by atoms with Gasteiger partial charge < -0.3 is 4.74 Å². The summed E-state index contributed by atoms with van der Waals surface area (Å²) in [7, 11) is 0. The van der Waals surface area contributed by atoms with Crippen LogP contribution in [0.2, 0.25) is 0 Å². The Bertz CT molecular complexity index is 375. The molecule has 0 atom stereocenters. The Labute approximate surface area is 86.1 Å². The minimum atomic E-state index is -0.110. The average molecular weight is 190 g/mol. The maximum Gasteiger partial charge on any atom is 0.124 e. The summed E-state index contributed by atoms with van der Waals surface area (Å²) in [6.07, 6.45) is 0. The van der Waals surface area contributed by atoms with Crippen LogP contribution in [-0.2, 0) is 5.41 Å². The number of benzene rings is 1. The lowest BCUT2D eigenvalue weighted by Gasteiger charge is -2.33. The fourth-order valence-corrected chi connectivity index (χ4v) is 2.23. The number of hydrogen-bond acceptors (Lipinski definition) is 1. The highest BCUT2D eigenvalue weighted by atomic mass is 16.5. The van der Waals surface area contributed by atoms with Crippen LogP contribution in [-0.4, -0.2) is 5.60 Å². The first-order valence-corrected chi connectivity index (χ1v) is 5.15. The van der Waals surface area contributed by atoms with Crippen molar-refractivity contribution < 1.29 is 4.74 Å². The molecule has 0 aromatic heterocycles. The van der Waals surface area contributed by atoms with Crippen molar-refractivity contribution in [2.45, 2.75) is 45.6 Å². The van der Waals surface area contributed by atoms with Crippen LogP contribution < -0.4 is 4.74 Å². The average Bonchev–Trinajstić information content (AvgIpc) is 2.19. The molecule has 0 saturated heterocycles. The summed E-state index contributed by atoms with van der Waals surface area (Å²) >= 11 is 0. The second kappa shape index (κ2) is 2.53. The maximum atomic E-state index is 5.99. The van der Waals surface area contributed by atoms with Crippen molar-refractivity contribution in [3.8, 4) is 5.75 Å². The van der Waals surface area contributed by atoms with Gasteiger partial charge in [-0.2, -0.15) is 0 Å². The molecule has 1 heterocycles. The third-order valence-corrected chi connectivity index (χ3v) is 3.73. The molecular formula is C13H18O. The molecule has 1 aromatic carbocycles. The monoisotopic (exact) mass is 190 g/mol. The number of hydrogen-bond donors (Lipinski definition) is 0. The molecule has 1 heteroatoms. The molecule has 1 nitrogen and oxygen atoms in total. The van der Waals surface area contributed by atoms with Crippen molar-refractivity contribution in [3.63, 3.8) is 0 Å². The Morgan fingerprint density at radius 1 is 1.07 bits per heavy atom. The molecular weight excluding hydrogens is 172 g/mol. The molecule has 0 N–H and O–H groups in total. The molecule has 0 spiro atoms. The van der Waals surface area contributed by atoms with Crippen LogP contribution >= 0.6 is 0 Å². The molecule has 14 heavy (non-hydrogen) atoms. The van der Waals surface area contributed by atoms with Gasteiger partial charge in [0.25, 0.3) is 0 Å². The lowest BCUT2D eigenvalue weighted by atomic mass is 9.72. The number of rotatable bonds is 0. The van der Waals surface area contributed by atoms with E-state index in [1.54, 1.807) is 0 Å². The molecule has 0 unspecified atom stereocenters. The lowest BCUT2D eigenvalue weighted by Crippen LogP contribution is -2.42. The molecule has 2 rings (SSSR count). The lowest BCUT2D eigenvalue weighted by molar-refractivity contribution is 0.0711. The van der Waals surface area contributed by atoms with Gasteiger partial charge in [-0.1, -0.05) is 26.0 Å². The Balaban J connectivity index is 2.68. The van der Waals surface area contributed by atoms with E-state index < -0.39 is 0 Å². The fourth-order valence-electron chi connectivity index (χ4n) is 2.23. The SMILES string of the molecule is Cc1cccc2c1C(C)(C)C(C)(C)O2. The molecule has 0 aliphatic carbocycles. The summed E-state index contributed by atoms with van der Waals surface area (Å²) in [6, 6.07) is 6.29. The predicted molar refractivity (Wildman–Crippen MR) is 58.9 cm³/mol. The van der Waals surface area contributed by atoms with Crippen LogP contribution in [0, 0.1) is 6.92 Å². The van der Waals surface area contributed by atoms with Gasteiger partial charge in [0.05, 0.1) is 0 Å². The molecule has 0 bridgehead atoms. The minimum Gasteiger partial charge on any atom is -0.487 e. The van der Waals surface area contributed by atoms with E-state index in [2.05, 4.69) is 52.8 Å². The van der Waals surface area contributed by atoms with Crippen molar-refractivity contribution in [1.82, 2.24) is 0 Å². The Morgan fingerprint density at radius 3 is 2.29 bits per heavy atom. The van der Waals surface area contributed by atoms with Crippen LogP contribution in [0.15, 0.2) is 18.2 Å². The van der Waals surface area contributed by atoms with Crippen LogP contribution in [0.3, 0.4) is 0 Å². The maximum absolute atomic E-state index is 5.99. The number of aryl methyl sites for hydroxylation is 1. The van der Waals surface area contributed by atoms with E-state index in [9.17, 15) is 0 Å². The third kappa shape index (κ3) is 1.01. The molecule has 1 aromatic rings. The Morgan fingerprint density at radius 2 is 1.71 bits per heavy atom. The molecule has 0 fully saturated rings. The van der Waals surface area contributed by atoms with E-state index in [4.69, 9.17) is 4.74 Å². The highest BCUT2D eigenvalue weighted by Crippen LogP contribution is 2.49. The largest absolute Gasteiger partial charge is 0.487 e. The van der Waals surface area contributed by atoms with Gasteiger partial charge in [-0.15, -0.1) is 0 Å². The predicted octanol–water partition coefficient (Wildman–Crippen LogP) is 3.44. The van der Waals surface area contributed by atoms with E-state index in [1.807, 2.05) is 0 Å². The highest BCUT2D eigenvalue weighted by molar-refractivity contribution is 5.50. The van der Waals surface area contributed by atoms with Crippen molar-refractivity contribution >= 4 is 0 Å². The molecule has 1 aliphatic rings. The minimum absolute atomic E-state index is 0.0909. The van der Waals surface area contributed by atoms with E-state index >= 15 is 0 Å². The first-order valence-electron chi connectivity index (χ1n) is 5.15. The van der Waals surface area contributed by atoms with Gasteiger partial charge in [0.1, 0.15) is 11.4 Å². The van der Waals surface area contributed by atoms with Crippen molar-refractivity contribution in [2.24, 2.45) is 0 Å². The fraction of sp³-hybridized carbons (Fsp3) is 0.538. The zero-order valence-corrected chi connectivity index (χ0v) is 9.64. The van der Waals surface area contributed by atoms with E-state index in [0.29, 0.717) is 0 Å². The van der Waals surface area contributed by atoms with Crippen molar-refractivity contribution in [1.29, 1.82) is 0 Å². The number of fused-ring (bicyclic) bond motifs is 1. The summed E-state index contributed by atoms with van der Waals surface area (Å²) in [5, 5.41) is 0. The summed E-state index contributed by atoms with van der Waals surface area (Å²) in [6.45, 7) is 11.0. The third-order valence-electron chi connectivity index (χ3n) is 3.73. The molecule has 1 aliphatic heterocycles. The summed E-state index contributed by atoms with van der Waals surface area (Å²) in [5.41, 5.74) is 2.68. The summed E-state index contributed by atoms with van der Waals surface area (Å²) < 4.78 is 5.99. The smallest absolute Gasteiger partial charge is 0.124 e. The second-order valence-electron chi connectivity index (χ2n) is 5.19. The molecule has 0 amide bonds. The molecule has 76 valence electrons. The Hall–Kier alpha value is -0.980. The Kier molecular flexibility index (Phi) is 1.73. The van der Waals surface area contributed by atoms with Crippen LogP contribution in [0.1, 0.15) is 38.8 Å². The second-order valence-corrected chi connectivity index (χ2v) is 5.19. The van der Waals surface area contributed by atoms with Gasteiger partial charge in [0.2, 0.25) is 0 Å². The first kappa shape index (κ1) is 9.57. The zero-order valence-electron chi connectivity index (χ0n) is 9.64. The van der Waals surface area contributed by atoms with Gasteiger partial charge in [0, 0.05) is 11.0 Å². The topological polar surface area (TPSA) is 9.23 Å². The van der Waals surface area contributed by atoms with E-state index in [-0.39, 0.29) is 11.0 Å². The van der Waals surface area contributed by atoms with Gasteiger partial charge >= 0.3 is 0 Å². The summed E-state index contributed by atoms with van der Waals surface area (Å²) in [5.74, 6) is 1.06. The van der Waals surface area contributed by atoms with E-state index in [0.717, 1.165) is 5.75 Å². The number of ether oxygens (including phenoxy) is 1. The normalized spacial score (nSPS) is 21.5. The van der Waals surface area contributed by atoms with Gasteiger partial charge in [0.15, 0.2) is 0 Å².